The Morgan fingerprint density at radius 3 is 2.35 bits per heavy atom. The molecule has 0 aromatic heterocycles. The van der Waals surface area contributed by atoms with Crippen LogP contribution in [-0.4, -0.2) is 26.6 Å². The smallest absolute Gasteiger partial charge is 0.235 e. The molecule has 0 unspecified atom stereocenters. The summed E-state index contributed by atoms with van der Waals surface area (Å²) in [5.41, 5.74) is 2.61. The van der Waals surface area contributed by atoms with Gasteiger partial charge in [0.15, 0.2) is 0 Å². The molecule has 0 N–H and O–H groups in total. The van der Waals surface area contributed by atoms with Crippen molar-refractivity contribution in [1.82, 2.24) is 0 Å². The summed E-state index contributed by atoms with van der Waals surface area (Å²) >= 11 is 5.58. The number of aryl methyl sites for hydroxylation is 2. The predicted octanol–water partition coefficient (Wildman–Crippen LogP) is 2.98. The van der Waals surface area contributed by atoms with Crippen molar-refractivity contribution in [2.45, 2.75) is 26.7 Å². The van der Waals surface area contributed by atoms with Crippen molar-refractivity contribution in [3.63, 3.8) is 0 Å². The van der Waals surface area contributed by atoms with Gasteiger partial charge in [-0.05, 0) is 43.5 Å². The number of hydrogen-bond donors (Lipinski definition) is 0. The fraction of sp³-hybridized carbons (Fsp3) is 0.500. The molecule has 1 aromatic rings. The quantitative estimate of drug-likeness (QED) is 0.727. The Bertz CT molecular complexity index is 573. The number of halogens is 1. The maximum absolute atomic E-state index is 12.4. The van der Waals surface area contributed by atoms with Gasteiger partial charge in [-0.3, -0.25) is 4.31 Å². The number of nitrogens with zero attached hydrogens (tertiary/aromatic N) is 2. The number of rotatable bonds is 7. The number of sulfonamides is 1. The summed E-state index contributed by atoms with van der Waals surface area (Å²) < 4.78 is 26.1. The molecule has 0 fully saturated rings. The maximum atomic E-state index is 12.4. The Kier molecular flexibility index (Phi) is 6.31. The molecule has 0 aliphatic rings. The van der Waals surface area contributed by atoms with Crippen LogP contribution in [0.4, 0.5) is 5.69 Å². The molecule has 0 spiro atoms. The summed E-state index contributed by atoms with van der Waals surface area (Å²) in [6.45, 7) is 4.01. The van der Waals surface area contributed by atoms with Gasteiger partial charge in [0.05, 0.1) is 23.9 Å². The molecule has 0 amide bonds. The third-order valence-electron chi connectivity index (χ3n) is 2.79. The minimum atomic E-state index is -3.45. The molecule has 0 saturated heterocycles. The standard InChI is InChI=1S/C14H19ClN2O2S/c1-12-9-13(2)11-14(10-12)17(7-4-6-16)20(18,19)8-3-5-15/h9-11H,3-5,7-8H2,1-2H3. The molecule has 1 rings (SSSR count). The molecule has 4 nitrogen and oxygen atoms in total. The largest absolute Gasteiger partial charge is 0.269 e. The van der Waals surface area contributed by atoms with Crippen molar-refractivity contribution in [2.24, 2.45) is 0 Å². The first kappa shape index (κ1) is 16.8. The minimum Gasteiger partial charge on any atom is -0.269 e. The zero-order chi connectivity index (χ0) is 15.2. The van der Waals surface area contributed by atoms with E-state index in [2.05, 4.69) is 0 Å². The summed E-state index contributed by atoms with van der Waals surface area (Å²) in [5.74, 6) is 0.299. The average molecular weight is 315 g/mol. The van der Waals surface area contributed by atoms with E-state index in [1.807, 2.05) is 38.1 Å². The first-order chi connectivity index (χ1) is 9.40. The molecule has 0 aliphatic carbocycles. The number of benzene rings is 1. The average Bonchev–Trinajstić information content (AvgIpc) is 2.35. The summed E-state index contributed by atoms with van der Waals surface area (Å²) in [6.07, 6.45) is 0.560. The molecule has 0 radical (unpaired) electrons. The Hall–Kier alpha value is -1.25. The lowest BCUT2D eigenvalue weighted by Crippen LogP contribution is -2.34. The van der Waals surface area contributed by atoms with Crippen molar-refractivity contribution < 1.29 is 8.42 Å². The van der Waals surface area contributed by atoms with Gasteiger partial charge in [0, 0.05) is 12.4 Å². The normalized spacial score (nSPS) is 11.1. The minimum absolute atomic E-state index is 0.00504. The van der Waals surface area contributed by atoms with Crippen LogP contribution in [0.1, 0.15) is 24.0 Å². The van der Waals surface area contributed by atoms with Gasteiger partial charge in [-0.25, -0.2) is 8.42 Å². The first-order valence-electron chi connectivity index (χ1n) is 6.42. The van der Waals surface area contributed by atoms with E-state index < -0.39 is 10.0 Å². The van der Waals surface area contributed by atoms with Crippen molar-refractivity contribution in [2.75, 3.05) is 22.5 Å². The molecule has 0 aliphatic heterocycles. The van der Waals surface area contributed by atoms with Crippen molar-refractivity contribution in [3.8, 4) is 6.07 Å². The Morgan fingerprint density at radius 1 is 1.25 bits per heavy atom. The second kappa shape index (κ2) is 7.51. The van der Waals surface area contributed by atoms with Gasteiger partial charge < -0.3 is 0 Å². The summed E-state index contributed by atoms with van der Waals surface area (Å²) in [5, 5.41) is 8.72. The Labute approximate surface area is 126 Å². The third kappa shape index (κ3) is 4.69. The van der Waals surface area contributed by atoms with Crippen molar-refractivity contribution in [3.05, 3.63) is 29.3 Å². The van der Waals surface area contributed by atoms with Gasteiger partial charge in [0.1, 0.15) is 0 Å². The highest BCUT2D eigenvalue weighted by Crippen LogP contribution is 2.22. The van der Waals surface area contributed by atoms with Crippen LogP contribution in [0, 0.1) is 25.2 Å². The second-order valence-electron chi connectivity index (χ2n) is 4.68. The van der Waals surface area contributed by atoms with E-state index in [0.717, 1.165) is 11.1 Å². The SMILES string of the molecule is Cc1cc(C)cc(N(CCC#N)S(=O)(=O)CCCCl)c1. The van der Waals surface area contributed by atoms with E-state index >= 15 is 0 Å². The molecule has 20 heavy (non-hydrogen) atoms. The van der Waals surface area contributed by atoms with Crippen LogP contribution in [0.15, 0.2) is 18.2 Å². The Balaban J connectivity index is 3.14. The number of hydrogen-bond acceptors (Lipinski definition) is 3. The van der Waals surface area contributed by atoms with Crippen LogP contribution >= 0.6 is 11.6 Å². The molecule has 0 bridgehead atoms. The molecule has 1 aromatic carbocycles. The lowest BCUT2D eigenvalue weighted by atomic mass is 10.1. The van der Waals surface area contributed by atoms with Gasteiger partial charge in [-0.15, -0.1) is 11.6 Å². The lowest BCUT2D eigenvalue weighted by Gasteiger charge is -2.24. The second-order valence-corrected chi connectivity index (χ2v) is 7.08. The van der Waals surface area contributed by atoms with Gasteiger partial charge in [0.2, 0.25) is 10.0 Å². The summed E-state index contributed by atoms with van der Waals surface area (Å²) in [4.78, 5) is 0. The van der Waals surface area contributed by atoms with Crippen LogP contribution in [0.5, 0.6) is 0 Å². The van der Waals surface area contributed by atoms with E-state index in [1.165, 1.54) is 4.31 Å². The van der Waals surface area contributed by atoms with Crippen molar-refractivity contribution in [1.29, 1.82) is 5.26 Å². The van der Waals surface area contributed by atoms with Crippen LogP contribution in [0.25, 0.3) is 0 Å². The number of anilines is 1. The molecular weight excluding hydrogens is 296 g/mol. The lowest BCUT2D eigenvalue weighted by molar-refractivity contribution is 0.589. The monoisotopic (exact) mass is 314 g/mol. The highest BCUT2D eigenvalue weighted by molar-refractivity contribution is 7.92. The van der Waals surface area contributed by atoms with E-state index in [4.69, 9.17) is 16.9 Å². The fourth-order valence-electron chi connectivity index (χ4n) is 2.02. The highest BCUT2D eigenvalue weighted by Gasteiger charge is 2.22. The van der Waals surface area contributed by atoms with Gasteiger partial charge in [0.25, 0.3) is 0 Å². The van der Waals surface area contributed by atoms with Crippen LogP contribution in [-0.2, 0) is 10.0 Å². The topological polar surface area (TPSA) is 61.2 Å². The highest BCUT2D eigenvalue weighted by atomic mass is 35.5. The number of nitriles is 1. The van der Waals surface area contributed by atoms with E-state index in [9.17, 15) is 8.42 Å². The van der Waals surface area contributed by atoms with Crippen LogP contribution < -0.4 is 4.31 Å². The zero-order valence-corrected chi connectivity index (χ0v) is 13.3. The van der Waals surface area contributed by atoms with Crippen molar-refractivity contribution >= 4 is 27.3 Å². The molecule has 0 saturated carbocycles. The zero-order valence-electron chi connectivity index (χ0n) is 11.8. The molecule has 110 valence electrons. The summed E-state index contributed by atoms with van der Waals surface area (Å²) in [7, 11) is -3.45. The predicted molar refractivity (Wildman–Crippen MR) is 82.6 cm³/mol. The Morgan fingerprint density at radius 2 is 1.85 bits per heavy atom. The van der Waals surface area contributed by atoms with E-state index in [1.54, 1.807) is 0 Å². The van der Waals surface area contributed by atoms with Gasteiger partial charge >= 0.3 is 0 Å². The van der Waals surface area contributed by atoms with Crippen LogP contribution in [0.2, 0.25) is 0 Å². The molecule has 6 heteroatoms. The molecule has 0 atom stereocenters. The van der Waals surface area contributed by atoms with E-state index in [-0.39, 0.29) is 18.7 Å². The van der Waals surface area contributed by atoms with Gasteiger partial charge in [-0.2, -0.15) is 5.26 Å². The number of alkyl halides is 1. The maximum Gasteiger partial charge on any atom is 0.235 e. The first-order valence-corrected chi connectivity index (χ1v) is 8.56. The van der Waals surface area contributed by atoms with E-state index in [0.29, 0.717) is 18.0 Å². The summed E-state index contributed by atoms with van der Waals surface area (Å²) in [6, 6.07) is 7.62. The third-order valence-corrected chi connectivity index (χ3v) is 4.93. The molecular formula is C14H19ClN2O2S. The molecule has 0 heterocycles. The fourth-order valence-corrected chi connectivity index (χ4v) is 3.84. The van der Waals surface area contributed by atoms with Gasteiger partial charge in [-0.1, -0.05) is 6.07 Å². The van der Waals surface area contributed by atoms with Crippen LogP contribution in [0.3, 0.4) is 0 Å².